The Morgan fingerprint density at radius 2 is 2.20 bits per heavy atom. The molecule has 1 aromatic carbocycles. The molecule has 1 aliphatic heterocycles. The van der Waals surface area contributed by atoms with Gasteiger partial charge in [-0.1, -0.05) is 6.07 Å². The van der Waals surface area contributed by atoms with Gasteiger partial charge in [-0.3, -0.25) is 0 Å². The van der Waals surface area contributed by atoms with Crippen LogP contribution in [0.5, 0.6) is 5.75 Å². The van der Waals surface area contributed by atoms with Gasteiger partial charge >= 0.3 is 6.03 Å². The molecule has 0 spiro atoms. The summed E-state index contributed by atoms with van der Waals surface area (Å²) in [5.74, 6) is 2.07. The summed E-state index contributed by atoms with van der Waals surface area (Å²) >= 11 is 0. The van der Waals surface area contributed by atoms with Crippen LogP contribution in [-0.2, 0) is 0 Å². The van der Waals surface area contributed by atoms with Crippen LogP contribution in [0.1, 0.15) is 0 Å². The summed E-state index contributed by atoms with van der Waals surface area (Å²) in [4.78, 5) is 16.6. The Morgan fingerprint density at radius 3 is 3.08 bits per heavy atom. The van der Waals surface area contributed by atoms with Crippen molar-refractivity contribution in [3.63, 3.8) is 0 Å². The fraction of sp³-hybridized carbons (Fsp3) is 0.188. The minimum Gasteiger partial charge on any atom is -0.492 e. The fourth-order valence-electron chi connectivity index (χ4n) is 2.60. The van der Waals surface area contributed by atoms with Crippen LogP contribution in [0.25, 0.3) is 5.65 Å². The third kappa shape index (κ3) is 2.99. The third-order valence-corrected chi connectivity index (χ3v) is 3.74. The Hall–Kier alpha value is -3.49. The number of benzene rings is 1. The first kappa shape index (κ1) is 15.1. The highest BCUT2D eigenvalue weighted by Gasteiger charge is 2.14. The summed E-state index contributed by atoms with van der Waals surface area (Å²) in [5, 5.41) is 16.1. The SMILES string of the molecule is CNc1cc2nc3c(cnn13)NC(=O)NCCOc1cccc(c1)N2. The van der Waals surface area contributed by atoms with Crippen LogP contribution in [0.3, 0.4) is 0 Å². The second-order valence-corrected chi connectivity index (χ2v) is 5.45. The summed E-state index contributed by atoms with van der Waals surface area (Å²) in [5.41, 5.74) is 1.91. The maximum absolute atomic E-state index is 12.0. The van der Waals surface area contributed by atoms with Crippen LogP contribution in [0.2, 0.25) is 0 Å². The number of carbonyl (C=O) groups excluding carboxylic acids is 1. The molecule has 4 bridgehead atoms. The Labute approximate surface area is 143 Å². The van der Waals surface area contributed by atoms with Crippen molar-refractivity contribution >= 4 is 34.7 Å². The van der Waals surface area contributed by atoms with Crippen LogP contribution >= 0.6 is 0 Å². The maximum Gasteiger partial charge on any atom is 0.319 e. The van der Waals surface area contributed by atoms with E-state index < -0.39 is 0 Å². The second kappa shape index (κ2) is 6.19. The number of anilines is 4. The molecular formula is C16H17N7O2. The Kier molecular flexibility index (Phi) is 3.73. The van der Waals surface area contributed by atoms with Gasteiger partial charge in [-0.25, -0.2) is 9.78 Å². The molecule has 0 aliphatic carbocycles. The van der Waals surface area contributed by atoms with Crippen molar-refractivity contribution in [3.8, 4) is 5.75 Å². The first-order chi connectivity index (χ1) is 12.2. The largest absolute Gasteiger partial charge is 0.492 e. The van der Waals surface area contributed by atoms with Crippen molar-refractivity contribution in [3.05, 3.63) is 36.5 Å². The zero-order valence-corrected chi connectivity index (χ0v) is 13.5. The number of hydrogen-bond donors (Lipinski definition) is 4. The maximum atomic E-state index is 12.0. The van der Waals surface area contributed by atoms with Gasteiger partial charge in [0, 0.05) is 24.9 Å². The van der Waals surface area contributed by atoms with Crippen molar-refractivity contribution in [2.45, 2.75) is 0 Å². The smallest absolute Gasteiger partial charge is 0.319 e. The van der Waals surface area contributed by atoms with Crippen molar-refractivity contribution in [2.75, 3.05) is 36.1 Å². The topological polar surface area (TPSA) is 105 Å². The quantitative estimate of drug-likeness (QED) is 0.541. The Balaban J connectivity index is 1.83. The average molecular weight is 339 g/mol. The van der Waals surface area contributed by atoms with E-state index in [4.69, 9.17) is 4.74 Å². The van der Waals surface area contributed by atoms with E-state index in [1.165, 1.54) is 0 Å². The Morgan fingerprint density at radius 1 is 1.28 bits per heavy atom. The number of nitrogens with zero attached hydrogens (tertiary/aromatic N) is 3. The number of aromatic nitrogens is 3. The molecule has 128 valence electrons. The molecule has 25 heavy (non-hydrogen) atoms. The van der Waals surface area contributed by atoms with Crippen LogP contribution in [0, 0.1) is 0 Å². The molecule has 9 nitrogen and oxygen atoms in total. The van der Waals surface area contributed by atoms with Crippen molar-refractivity contribution in [2.24, 2.45) is 0 Å². The standard InChI is InChI=1S/C16H17N7O2/c1-17-14-8-13-20-10-3-2-4-11(7-10)25-6-5-18-16(24)21-12-9-19-23(14)15(12)22-13/h2-4,7-9,17H,5-6H2,1H3,(H,20,22)(H2,18,21,24). The van der Waals surface area contributed by atoms with Crippen LogP contribution in [-0.4, -0.2) is 40.8 Å². The molecule has 3 aromatic rings. The van der Waals surface area contributed by atoms with Gasteiger partial charge in [-0.15, -0.1) is 0 Å². The number of rotatable bonds is 1. The van der Waals surface area contributed by atoms with E-state index in [2.05, 4.69) is 31.3 Å². The third-order valence-electron chi connectivity index (χ3n) is 3.74. The van der Waals surface area contributed by atoms with Gasteiger partial charge in [-0.2, -0.15) is 9.61 Å². The molecular weight excluding hydrogens is 322 g/mol. The molecule has 1 aliphatic rings. The number of amides is 2. The molecule has 0 saturated carbocycles. The van der Waals surface area contributed by atoms with Gasteiger partial charge in [0.25, 0.3) is 0 Å². The van der Waals surface area contributed by atoms with Crippen LogP contribution in [0.4, 0.5) is 27.8 Å². The zero-order chi connectivity index (χ0) is 17.2. The second-order valence-electron chi connectivity index (χ2n) is 5.45. The van der Waals surface area contributed by atoms with E-state index in [1.807, 2.05) is 30.3 Å². The monoisotopic (exact) mass is 339 g/mol. The lowest BCUT2D eigenvalue weighted by Gasteiger charge is -2.13. The molecule has 0 unspecified atom stereocenters. The van der Waals surface area contributed by atoms with E-state index in [0.29, 0.717) is 36.1 Å². The number of urea groups is 1. The van der Waals surface area contributed by atoms with E-state index in [9.17, 15) is 4.79 Å². The van der Waals surface area contributed by atoms with Crippen molar-refractivity contribution < 1.29 is 9.53 Å². The van der Waals surface area contributed by atoms with Gasteiger partial charge in [-0.05, 0) is 12.1 Å². The number of fused-ring (bicyclic) bond motifs is 3. The first-order valence-corrected chi connectivity index (χ1v) is 7.84. The number of hydrogen-bond acceptors (Lipinski definition) is 6. The zero-order valence-electron chi connectivity index (χ0n) is 13.5. The summed E-state index contributed by atoms with van der Waals surface area (Å²) in [6.07, 6.45) is 1.56. The first-order valence-electron chi connectivity index (χ1n) is 7.84. The van der Waals surface area contributed by atoms with Crippen molar-refractivity contribution in [1.29, 1.82) is 0 Å². The van der Waals surface area contributed by atoms with E-state index in [1.54, 1.807) is 17.8 Å². The van der Waals surface area contributed by atoms with Crippen LogP contribution in [0.15, 0.2) is 36.5 Å². The molecule has 0 saturated heterocycles. The predicted molar refractivity (Wildman–Crippen MR) is 94.8 cm³/mol. The molecule has 4 rings (SSSR count). The molecule has 3 heterocycles. The molecule has 0 radical (unpaired) electrons. The van der Waals surface area contributed by atoms with Gasteiger partial charge in [0.05, 0.1) is 12.7 Å². The summed E-state index contributed by atoms with van der Waals surface area (Å²) in [6.45, 7) is 0.747. The lowest BCUT2D eigenvalue weighted by Crippen LogP contribution is -2.32. The lowest BCUT2D eigenvalue weighted by molar-refractivity contribution is 0.247. The van der Waals surface area contributed by atoms with Gasteiger partial charge in [0.1, 0.15) is 29.7 Å². The highest BCUT2D eigenvalue weighted by atomic mass is 16.5. The van der Waals surface area contributed by atoms with Gasteiger partial charge in [0.15, 0.2) is 5.65 Å². The normalized spacial score (nSPS) is 14.0. The number of ether oxygens (including phenoxy) is 1. The molecule has 0 fully saturated rings. The molecule has 9 heteroatoms. The fourth-order valence-corrected chi connectivity index (χ4v) is 2.60. The molecule has 2 aromatic heterocycles. The molecule has 0 atom stereocenters. The predicted octanol–water partition coefficient (Wildman–Crippen LogP) is 2.03. The van der Waals surface area contributed by atoms with Gasteiger partial charge in [0.2, 0.25) is 0 Å². The number of carbonyl (C=O) groups is 1. The highest BCUT2D eigenvalue weighted by Crippen LogP contribution is 2.25. The highest BCUT2D eigenvalue weighted by molar-refractivity contribution is 5.93. The summed E-state index contributed by atoms with van der Waals surface area (Å²) in [6, 6.07) is 9.07. The average Bonchev–Trinajstić information content (AvgIpc) is 3.01. The number of nitrogens with one attached hydrogen (secondary N) is 4. The van der Waals surface area contributed by atoms with Crippen LogP contribution < -0.4 is 26.0 Å². The van der Waals surface area contributed by atoms with E-state index in [0.717, 1.165) is 11.5 Å². The van der Waals surface area contributed by atoms with Crippen molar-refractivity contribution in [1.82, 2.24) is 19.9 Å². The lowest BCUT2D eigenvalue weighted by atomic mass is 10.3. The minimum absolute atomic E-state index is 0.338. The minimum atomic E-state index is -0.338. The van der Waals surface area contributed by atoms with Gasteiger partial charge < -0.3 is 26.0 Å². The summed E-state index contributed by atoms with van der Waals surface area (Å²) in [7, 11) is 1.80. The molecule has 2 amide bonds. The summed E-state index contributed by atoms with van der Waals surface area (Å²) < 4.78 is 7.28. The van der Waals surface area contributed by atoms with E-state index in [-0.39, 0.29) is 6.03 Å². The molecule has 4 N–H and O–H groups in total. The Bertz CT molecular complexity index is 937. The van der Waals surface area contributed by atoms with E-state index >= 15 is 0 Å².